The lowest BCUT2D eigenvalue weighted by Gasteiger charge is -2.15. The van der Waals surface area contributed by atoms with E-state index >= 15 is 0 Å². The van der Waals surface area contributed by atoms with Crippen molar-refractivity contribution in [1.82, 2.24) is 24.8 Å². The van der Waals surface area contributed by atoms with Crippen LogP contribution in [-0.4, -0.2) is 50.9 Å². The van der Waals surface area contributed by atoms with Gasteiger partial charge in [-0.25, -0.2) is 9.97 Å². The minimum absolute atomic E-state index is 0.140. The third-order valence-corrected chi connectivity index (χ3v) is 5.62. The Balaban J connectivity index is 1.25. The first kappa shape index (κ1) is 19.1. The van der Waals surface area contributed by atoms with Gasteiger partial charge in [0, 0.05) is 49.8 Å². The van der Waals surface area contributed by atoms with Crippen LogP contribution >= 0.6 is 11.3 Å². The molecule has 1 aliphatic heterocycles. The molecule has 0 atom stereocenters. The lowest BCUT2D eigenvalue weighted by molar-refractivity contribution is -0.127. The third-order valence-electron chi connectivity index (χ3n) is 4.71. The molecular formula is C20H22N6O2S. The van der Waals surface area contributed by atoms with Gasteiger partial charge in [-0.2, -0.15) is 0 Å². The van der Waals surface area contributed by atoms with Gasteiger partial charge in [0.15, 0.2) is 5.13 Å². The second kappa shape index (κ2) is 8.87. The largest absolute Gasteiger partial charge is 0.351 e. The minimum Gasteiger partial charge on any atom is -0.351 e. The topological polar surface area (TPSA) is 92.1 Å². The minimum atomic E-state index is -0.140. The van der Waals surface area contributed by atoms with E-state index in [1.54, 1.807) is 18.7 Å². The van der Waals surface area contributed by atoms with Gasteiger partial charge < -0.3 is 20.1 Å². The highest BCUT2D eigenvalue weighted by Crippen LogP contribution is 2.23. The van der Waals surface area contributed by atoms with Crippen LogP contribution in [0.3, 0.4) is 0 Å². The van der Waals surface area contributed by atoms with E-state index in [2.05, 4.69) is 20.6 Å². The zero-order valence-corrected chi connectivity index (χ0v) is 16.7. The third kappa shape index (κ3) is 4.80. The molecule has 0 radical (unpaired) electrons. The Kier molecular flexibility index (Phi) is 5.85. The van der Waals surface area contributed by atoms with E-state index in [0.717, 1.165) is 30.8 Å². The van der Waals surface area contributed by atoms with Crippen molar-refractivity contribution >= 4 is 34.0 Å². The Bertz CT molecular complexity index is 967. The van der Waals surface area contributed by atoms with Crippen LogP contribution in [0.1, 0.15) is 28.9 Å². The molecule has 1 saturated heterocycles. The Labute approximate surface area is 172 Å². The summed E-state index contributed by atoms with van der Waals surface area (Å²) >= 11 is 1.31. The Morgan fingerprint density at radius 3 is 2.83 bits per heavy atom. The van der Waals surface area contributed by atoms with Gasteiger partial charge >= 0.3 is 0 Å². The first-order valence-electron chi connectivity index (χ1n) is 9.56. The highest BCUT2D eigenvalue weighted by molar-refractivity contribution is 7.17. The summed E-state index contributed by atoms with van der Waals surface area (Å²) in [6.45, 7) is 2.07. The summed E-state index contributed by atoms with van der Waals surface area (Å²) in [5.74, 6) is 0.0753. The number of rotatable bonds is 8. The first-order valence-corrected chi connectivity index (χ1v) is 10.4. The fourth-order valence-electron chi connectivity index (χ4n) is 3.19. The van der Waals surface area contributed by atoms with Crippen molar-refractivity contribution in [2.45, 2.75) is 19.3 Å². The van der Waals surface area contributed by atoms with Crippen molar-refractivity contribution < 1.29 is 9.59 Å². The second-order valence-corrected chi connectivity index (χ2v) is 7.80. The number of hydrogen-bond acceptors (Lipinski definition) is 6. The maximum Gasteiger partial charge on any atom is 0.263 e. The predicted molar refractivity (Wildman–Crippen MR) is 112 cm³/mol. The molecule has 0 unspecified atom stereocenters. The molecule has 0 saturated carbocycles. The van der Waals surface area contributed by atoms with E-state index in [-0.39, 0.29) is 11.8 Å². The number of aromatic nitrogens is 3. The van der Waals surface area contributed by atoms with Crippen molar-refractivity contribution in [3.8, 4) is 5.69 Å². The van der Waals surface area contributed by atoms with Crippen LogP contribution in [0.4, 0.5) is 10.8 Å². The number of hydrogen-bond donors (Lipinski definition) is 2. The number of anilines is 2. The zero-order valence-electron chi connectivity index (χ0n) is 15.9. The lowest BCUT2D eigenvalue weighted by Crippen LogP contribution is -2.30. The highest BCUT2D eigenvalue weighted by atomic mass is 32.1. The summed E-state index contributed by atoms with van der Waals surface area (Å²) in [6, 6.07) is 7.87. The van der Waals surface area contributed by atoms with Crippen LogP contribution in [0.25, 0.3) is 5.69 Å². The molecule has 150 valence electrons. The number of nitrogens with zero attached hydrogens (tertiary/aromatic N) is 4. The Morgan fingerprint density at radius 1 is 1.24 bits per heavy atom. The number of amides is 2. The highest BCUT2D eigenvalue weighted by Gasteiger charge is 2.19. The molecule has 2 N–H and O–H groups in total. The molecular weight excluding hydrogens is 388 g/mol. The van der Waals surface area contributed by atoms with E-state index in [4.69, 9.17) is 0 Å². The molecule has 8 nitrogen and oxygen atoms in total. The van der Waals surface area contributed by atoms with Crippen LogP contribution in [-0.2, 0) is 4.79 Å². The van der Waals surface area contributed by atoms with Gasteiger partial charge in [0.25, 0.3) is 5.91 Å². The number of nitrogens with one attached hydrogen (secondary N) is 2. The van der Waals surface area contributed by atoms with Crippen LogP contribution < -0.4 is 10.6 Å². The van der Waals surface area contributed by atoms with Crippen LogP contribution in [0, 0.1) is 0 Å². The fraction of sp³-hybridized carbons (Fsp3) is 0.300. The number of thiazole rings is 1. The molecule has 3 heterocycles. The summed E-state index contributed by atoms with van der Waals surface area (Å²) < 4.78 is 1.93. The Morgan fingerprint density at radius 2 is 2.10 bits per heavy atom. The van der Waals surface area contributed by atoms with Gasteiger partial charge in [0.05, 0.1) is 12.5 Å². The van der Waals surface area contributed by atoms with E-state index in [1.807, 2.05) is 39.9 Å². The number of likely N-dealkylation sites (tertiary alicyclic amines) is 1. The van der Waals surface area contributed by atoms with Crippen LogP contribution in [0.15, 0.2) is 49.2 Å². The summed E-state index contributed by atoms with van der Waals surface area (Å²) in [7, 11) is 0. The van der Waals surface area contributed by atoms with Crippen LogP contribution in [0.2, 0.25) is 0 Å². The first-order chi connectivity index (χ1) is 14.2. The standard InChI is InChI=1S/C20H22N6O2S/c27-18-3-1-10-25(18)11-2-8-22-19(28)17-13-23-20(29-17)24-15-4-6-16(7-5-15)26-12-9-21-14-26/h4-7,9,12-14H,1-3,8,10-11H2,(H,22,28)(H,23,24). The summed E-state index contributed by atoms with van der Waals surface area (Å²) in [5, 5.41) is 6.77. The van der Waals surface area contributed by atoms with Gasteiger partial charge in [0.2, 0.25) is 5.91 Å². The molecule has 9 heteroatoms. The number of imidazole rings is 1. The number of benzene rings is 1. The summed E-state index contributed by atoms with van der Waals surface area (Å²) in [4.78, 5) is 34.6. The van der Waals surface area contributed by atoms with E-state index in [1.165, 1.54) is 11.3 Å². The van der Waals surface area contributed by atoms with Crippen molar-refractivity contribution in [1.29, 1.82) is 0 Å². The molecule has 2 amide bonds. The maximum absolute atomic E-state index is 12.3. The molecule has 1 aromatic carbocycles. The molecule has 0 spiro atoms. The molecule has 0 bridgehead atoms. The fourth-order valence-corrected chi connectivity index (χ4v) is 3.94. The lowest BCUT2D eigenvalue weighted by atomic mass is 10.3. The van der Waals surface area contributed by atoms with Crippen LogP contribution in [0.5, 0.6) is 0 Å². The van der Waals surface area contributed by atoms with Gasteiger partial charge in [0.1, 0.15) is 4.88 Å². The predicted octanol–water partition coefficient (Wildman–Crippen LogP) is 2.81. The van der Waals surface area contributed by atoms with Gasteiger partial charge in [-0.05, 0) is 37.1 Å². The molecule has 1 aliphatic rings. The average molecular weight is 411 g/mol. The molecule has 1 fully saturated rings. The summed E-state index contributed by atoms with van der Waals surface area (Å²) in [5.41, 5.74) is 1.91. The molecule has 2 aromatic heterocycles. The number of carbonyl (C=O) groups excluding carboxylic acids is 2. The molecule has 4 rings (SSSR count). The smallest absolute Gasteiger partial charge is 0.263 e. The normalized spacial score (nSPS) is 13.7. The second-order valence-electron chi connectivity index (χ2n) is 6.77. The monoisotopic (exact) mass is 410 g/mol. The van der Waals surface area contributed by atoms with Crippen molar-refractivity contribution in [2.75, 3.05) is 25.0 Å². The van der Waals surface area contributed by atoms with E-state index < -0.39 is 0 Å². The SMILES string of the molecule is O=C(NCCCN1CCCC1=O)c1cnc(Nc2ccc(-n3ccnc3)cc2)s1. The molecule has 29 heavy (non-hydrogen) atoms. The van der Waals surface area contributed by atoms with Gasteiger partial charge in [-0.1, -0.05) is 11.3 Å². The maximum atomic E-state index is 12.3. The average Bonchev–Trinajstić information content (AvgIpc) is 3.49. The van der Waals surface area contributed by atoms with Gasteiger partial charge in [-0.3, -0.25) is 9.59 Å². The van der Waals surface area contributed by atoms with Crippen molar-refractivity contribution in [3.05, 3.63) is 54.1 Å². The van der Waals surface area contributed by atoms with Crippen molar-refractivity contribution in [2.24, 2.45) is 0 Å². The van der Waals surface area contributed by atoms with E-state index in [0.29, 0.717) is 29.5 Å². The Hall–Kier alpha value is -3.20. The molecule has 3 aromatic rings. The quantitative estimate of drug-likeness (QED) is 0.557. The summed E-state index contributed by atoms with van der Waals surface area (Å²) in [6.07, 6.45) is 9.29. The molecule has 0 aliphatic carbocycles. The van der Waals surface area contributed by atoms with Gasteiger partial charge in [-0.15, -0.1) is 0 Å². The van der Waals surface area contributed by atoms with Crippen molar-refractivity contribution in [3.63, 3.8) is 0 Å². The number of carbonyl (C=O) groups is 2. The zero-order chi connectivity index (χ0) is 20.1. The van der Waals surface area contributed by atoms with E-state index in [9.17, 15) is 9.59 Å².